The Labute approximate surface area is 127 Å². The van der Waals surface area contributed by atoms with Crippen molar-refractivity contribution < 1.29 is 14.6 Å². The zero-order chi connectivity index (χ0) is 15.1. The van der Waals surface area contributed by atoms with E-state index in [1.54, 1.807) is 7.11 Å². The van der Waals surface area contributed by atoms with Gasteiger partial charge in [-0.25, -0.2) is 0 Å². The minimum absolute atomic E-state index is 0.0723. The van der Waals surface area contributed by atoms with Crippen LogP contribution in [0.2, 0.25) is 0 Å². The van der Waals surface area contributed by atoms with E-state index in [1.807, 2.05) is 25.1 Å². The molecule has 1 fully saturated rings. The van der Waals surface area contributed by atoms with Gasteiger partial charge in [0.15, 0.2) is 0 Å². The molecular formula is C17H27NO3. The highest BCUT2D eigenvalue weighted by Crippen LogP contribution is 2.31. The number of hydrogen-bond acceptors (Lipinski definition) is 4. The van der Waals surface area contributed by atoms with Crippen LogP contribution in [-0.2, 0) is 15.0 Å². The smallest absolute Gasteiger partial charge is 0.0780 e. The minimum Gasteiger partial charge on any atom is -0.394 e. The number of rotatable bonds is 10. The van der Waals surface area contributed by atoms with Crippen LogP contribution in [0.15, 0.2) is 30.3 Å². The topological polar surface area (TPSA) is 50.7 Å². The van der Waals surface area contributed by atoms with Gasteiger partial charge in [-0.05, 0) is 31.7 Å². The fourth-order valence-electron chi connectivity index (χ4n) is 2.61. The number of aliphatic hydroxyl groups excluding tert-OH is 1. The molecule has 1 aliphatic rings. The monoisotopic (exact) mass is 293 g/mol. The van der Waals surface area contributed by atoms with E-state index < -0.39 is 5.54 Å². The van der Waals surface area contributed by atoms with E-state index in [0.29, 0.717) is 19.3 Å². The molecule has 1 aromatic rings. The molecule has 1 aromatic carbocycles. The molecule has 0 saturated heterocycles. The van der Waals surface area contributed by atoms with Gasteiger partial charge in [0.05, 0.1) is 24.9 Å². The molecule has 0 aromatic heterocycles. The summed E-state index contributed by atoms with van der Waals surface area (Å²) in [4.78, 5) is 0. The van der Waals surface area contributed by atoms with Crippen LogP contribution in [0.3, 0.4) is 0 Å². The van der Waals surface area contributed by atoms with Crippen molar-refractivity contribution in [3.8, 4) is 0 Å². The van der Waals surface area contributed by atoms with Crippen molar-refractivity contribution >= 4 is 0 Å². The molecule has 2 N–H and O–H groups in total. The second kappa shape index (κ2) is 7.90. The number of ether oxygens (including phenoxy) is 2. The van der Waals surface area contributed by atoms with Crippen molar-refractivity contribution in [2.75, 3.05) is 26.9 Å². The Morgan fingerprint density at radius 1 is 1.33 bits per heavy atom. The molecule has 0 amide bonds. The van der Waals surface area contributed by atoms with E-state index >= 15 is 0 Å². The zero-order valence-electron chi connectivity index (χ0n) is 13.0. The van der Waals surface area contributed by atoms with Crippen LogP contribution < -0.4 is 5.32 Å². The predicted octanol–water partition coefficient (Wildman–Crippen LogP) is 2.07. The highest BCUT2D eigenvalue weighted by Gasteiger charge is 2.37. The number of nitrogens with one attached hydrogen (secondary N) is 1. The Balaban J connectivity index is 2.01. The average Bonchev–Trinajstić information content (AvgIpc) is 3.31. The quantitative estimate of drug-likeness (QED) is 0.693. The first-order chi connectivity index (χ1) is 10.2. The van der Waals surface area contributed by atoms with Gasteiger partial charge < -0.3 is 19.9 Å². The predicted molar refractivity (Wildman–Crippen MR) is 83.3 cm³/mol. The van der Waals surface area contributed by atoms with Gasteiger partial charge >= 0.3 is 0 Å². The van der Waals surface area contributed by atoms with E-state index in [4.69, 9.17) is 9.47 Å². The molecule has 0 bridgehead atoms. The summed E-state index contributed by atoms with van der Waals surface area (Å²) >= 11 is 0. The Kier molecular flexibility index (Phi) is 6.18. The van der Waals surface area contributed by atoms with Gasteiger partial charge in [0, 0.05) is 19.8 Å². The molecule has 118 valence electrons. The second-order valence-corrected chi connectivity index (χ2v) is 5.91. The fourth-order valence-corrected chi connectivity index (χ4v) is 2.61. The second-order valence-electron chi connectivity index (χ2n) is 5.91. The number of methoxy groups -OCH3 is 1. The Bertz CT molecular complexity index is 408. The van der Waals surface area contributed by atoms with Crippen molar-refractivity contribution in [1.82, 2.24) is 5.32 Å². The van der Waals surface area contributed by atoms with E-state index in [0.717, 1.165) is 12.0 Å². The number of benzene rings is 1. The van der Waals surface area contributed by atoms with Crippen LogP contribution in [0.1, 0.15) is 31.7 Å². The van der Waals surface area contributed by atoms with Crippen LogP contribution in [0.4, 0.5) is 0 Å². The molecule has 0 radical (unpaired) electrons. The van der Waals surface area contributed by atoms with Crippen LogP contribution in [0.25, 0.3) is 0 Å². The lowest BCUT2D eigenvalue weighted by Gasteiger charge is -2.34. The Hall–Kier alpha value is -0.940. The molecule has 4 heteroatoms. The third-order valence-corrected chi connectivity index (χ3v) is 3.99. The first-order valence-corrected chi connectivity index (χ1v) is 7.75. The van der Waals surface area contributed by atoms with E-state index in [9.17, 15) is 5.11 Å². The van der Waals surface area contributed by atoms with E-state index in [2.05, 4.69) is 17.4 Å². The zero-order valence-corrected chi connectivity index (χ0v) is 13.0. The summed E-state index contributed by atoms with van der Waals surface area (Å²) in [5, 5.41) is 13.6. The lowest BCUT2D eigenvalue weighted by Crippen LogP contribution is -2.48. The molecule has 0 aliphatic heterocycles. The van der Waals surface area contributed by atoms with Crippen molar-refractivity contribution in [3.63, 3.8) is 0 Å². The molecule has 2 atom stereocenters. The molecular weight excluding hydrogens is 266 g/mol. The normalized spacial score (nSPS) is 19.2. The average molecular weight is 293 g/mol. The van der Waals surface area contributed by atoms with Crippen LogP contribution in [0.5, 0.6) is 0 Å². The molecule has 4 nitrogen and oxygen atoms in total. The van der Waals surface area contributed by atoms with E-state index in [1.165, 1.54) is 12.8 Å². The molecule has 2 unspecified atom stereocenters. The molecule has 2 rings (SSSR count). The largest absolute Gasteiger partial charge is 0.394 e. The highest BCUT2D eigenvalue weighted by molar-refractivity contribution is 5.25. The van der Waals surface area contributed by atoms with Crippen LogP contribution in [0, 0.1) is 0 Å². The number of hydrogen-bond donors (Lipinski definition) is 2. The van der Waals surface area contributed by atoms with Crippen LogP contribution in [-0.4, -0.2) is 44.2 Å². The Morgan fingerprint density at radius 3 is 2.62 bits per heavy atom. The number of aliphatic hydroxyl groups is 1. The van der Waals surface area contributed by atoms with Crippen molar-refractivity contribution in [2.45, 2.75) is 43.9 Å². The lowest BCUT2D eigenvalue weighted by molar-refractivity contribution is -0.00564. The molecule has 0 spiro atoms. The summed E-state index contributed by atoms with van der Waals surface area (Å²) in [6.07, 6.45) is 3.20. The maximum Gasteiger partial charge on any atom is 0.0780 e. The summed E-state index contributed by atoms with van der Waals surface area (Å²) in [6, 6.07) is 10.7. The molecule has 1 saturated carbocycles. The molecule has 21 heavy (non-hydrogen) atoms. The highest BCUT2D eigenvalue weighted by atomic mass is 16.5. The van der Waals surface area contributed by atoms with Gasteiger partial charge in [0.2, 0.25) is 0 Å². The minimum atomic E-state index is -0.408. The summed E-state index contributed by atoms with van der Waals surface area (Å²) in [7, 11) is 1.68. The summed E-state index contributed by atoms with van der Waals surface area (Å²) < 4.78 is 10.9. The fraction of sp³-hybridized carbons (Fsp3) is 0.647. The van der Waals surface area contributed by atoms with Gasteiger partial charge in [-0.15, -0.1) is 0 Å². The summed E-state index contributed by atoms with van der Waals surface area (Å²) in [6.45, 7) is 3.27. The van der Waals surface area contributed by atoms with Crippen molar-refractivity contribution in [2.24, 2.45) is 0 Å². The standard InChI is InChI=1S/C17H27NO3/c1-14(12-20-2)21-11-10-17(13-19,18-16-8-9-16)15-6-4-3-5-7-15/h3-7,14,16,18-19H,8-13H2,1-2H3. The van der Waals surface area contributed by atoms with Gasteiger partial charge in [-0.1, -0.05) is 30.3 Å². The summed E-state index contributed by atoms with van der Waals surface area (Å²) in [5.41, 5.74) is 0.720. The van der Waals surface area contributed by atoms with Gasteiger partial charge in [-0.2, -0.15) is 0 Å². The summed E-state index contributed by atoms with van der Waals surface area (Å²) in [5.74, 6) is 0. The first-order valence-electron chi connectivity index (χ1n) is 7.75. The van der Waals surface area contributed by atoms with Gasteiger partial charge in [-0.3, -0.25) is 0 Å². The van der Waals surface area contributed by atoms with Crippen LogP contribution >= 0.6 is 0 Å². The lowest BCUT2D eigenvalue weighted by atomic mass is 9.87. The maximum atomic E-state index is 10.0. The van der Waals surface area contributed by atoms with Crippen molar-refractivity contribution in [3.05, 3.63) is 35.9 Å². The Morgan fingerprint density at radius 2 is 2.05 bits per heavy atom. The maximum absolute atomic E-state index is 10.0. The first kappa shape index (κ1) is 16.4. The van der Waals surface area contributed by atoms with Gasteiger partial charge in [0.25, 0.3) is 0 Å². The third kappa shape index (κ3) is 4.78. The third-order valence-electron chi connectivity index (χ3n) is 3.99. The molecule has 1 aliphatic carbocycles. The molecule has 0 heterocycles. The van der Waals surface area contributed by atoms with Gasteiger partial charge in [0.1, 0.15) is 0 Å². The van der Waals surface area contributed by atoms with E-state index in [-0.39, 0.29) is 12.7 Å². The SMILES string of the molecule is COCC(C)OCCC(CO)(NC1CC1)c1ccccc1. The van der Waals surface area contributed by atoms with Crippen molar-refractivity contribution in [1.29, 1.82) is 0 Å².